The molecule has 1 aromatic heterocycles. The third kappa shape index (κ3) is 6.46. The first-order valence-corrected chi connectivity index (χ1v) is 16.4. The van der Waals surface area contributed by atoms with E-state index in [1.807, 2.05) is 36.4 Å². The summed E-state index contributed by atoms with van der Waals surface area (Å²) in [6, 6.07) is 17.5. The summed E-state index contributed by atoms with van der Waals surface area (Å²) in [5, 5.41) is 14.5. The standard InChI is InChI=1S/C35H37F2N7O6/c1-23(2)43-32(45)33(46)44(34(43)47)27-6-4-25(5-7-27)40-13-15-41(16-14-40)26-8-10-28(11-9-26)48-18-31-49-20-35(50-31,19-42-22-38-21-39-42)29-12-3-24(36)17-30(29)37/h3-12,17,21-23,31,33,46H,13-16,18-20H2,1-2H3/t31-,33?,35+/m0/s1. The summed E-state index contributed by atoms with van der Waals surface area (Å²) in [5.74, 6) is -1.43. The van der Waals surface area contributed by atoms with Crippen molar-refractivity contribution >= 4 is 29.0 Å². The number of aliphatic hydroxyl groups excluding tert-OH is 1. The Morgan fingerprint density at radius 1 is 0.940 bits per heavy atom. The average Bonchev–Trinajstić information content (AvgIpc) is 3.83. The summed E-state index contributed by atoms with van der Waals surface area (Å²) in [6.45, 7) is 6.73. The molecule has 7 rings (SSSR count). The molecule has 3 aliphatic rings. The van der Waals surface area contributed by atoms with Crippen LogP contribution in [0, 0.1) is 11.6 Å². The first-order chi connectivity index (χ1) is 24.1. The molecule has 13 nitrogen and oxygen atoms in total. The van der Waals surface area contributed by atoms with Crippen LogP contribution in [0.1, 0.15) is 19.4 Å². The quantitative estimate of drug-likeness (QED) is 0.247. The van der Waals surface area contributed by atoms with Crippen LogP contribution in [-0.4, -0.2) is 94.7 Å². The summed E-state index contributed by atoms with van der Waals surface area (Å²) in [6.07, 6.45) is 0.524. The molecule has 3 aromatic carbocycles. The minimum absolute atomic E-state index is 0.0117. The minimum Gasteiger partial charge on any atom is -0.488 e. The summed E-state index contributed by atoms with van der Waals surface area (Å²) in [5.41, 5.74) is 1.39. The Bertz CT molecular complexity index is 1820. The molecule has 1 unspecified atom stereocenters. The van der Waals surface area contributed by atoms with Crippen molar-refractivity contribution in [1.82, 2.24) is 19.7 Å². The van der Waals surface area contributed by atoms with Crippen LogP contribution in [-0.2, 0) is 26.4 Å². The topological polar surface area (TPSA) is 126 Å². The van der Waals surface area contributed by atoms with E-state index in [0.29, 0.717) is 11.4 Å². The summed E-state index contributed by atoms with van der Waals surface area (Å²) in [4.78, 5) is 35.9. The number of anilines is 3. The van der Waals surface area contributed by atoms with Gasteiger partial charge in [0.1, 0.15) is 42.2 Å². The number of carbonyl (C=O) groups excluding carboxylic acids is 2. The van der Waals surface area contributed by atoms with Gasteiger partial charge in [-0.15, -0.1) is 0 Å². The molecule has 4 heterocycles. The zero-order valence-corrected chi connectivity index (χ0v) is 27.6. The van der Waals surface area contributed by atoms with Crippen molar-refractivity contribution in [3.63, 3.8) is 0 Å². The highest BCUT2D eigenvalue weighted by Gasteiger charge is 2.47. The maximum atomic E-state index is 14.9. The maximum absolute atomic E-state index is 14.9. The molecule has 0 saturated carbocycles. The molecular formula is C35H37F2N7O6. The lowest BCUT2D eigenvalue weighted by molar-refractivity contribution is -0.134. The Morgan fingerprint density at radius 3 is 2.16 bits per heavy atom. The SMILES string of the molecule is CC(C)N1C(=O)C(O)N(c2ccc(N3CCN(c4ccc(OC[C@H]5OC[C@](Cn6cncn6)(c6ccc(F)cc6F)O5)cc4)CC3)cc2)C1=O. The lowest BCUT2D eigenvalue weighted by Crippen LogP contribution is -2.46. The molecule has 15 heteroatoms. The number of hydrogen-bond donors (Lipinski definition) is 1. The fraction of sp³-hybridized carbons (Fsp3) is 0.371. The monoisotopic (exact) mass is 689 g/mol. The number of halogens is 2. The van der Waals surface area contributed by atoms with Crippen molar-refractivity contribution in [2.75, 3.05) is 54.1 Å². The molecule has 3 aliphatic heterocycles. The number of aliphatic hydroxyl groups is 1. The van der Waals surface area contributed by atoms with Crippen molar-refractivity contribution in [1.29, 1.82) is 0 Å². The van der Waals surface area contributed by atoms with E-state index in [0.717, 1.165) is 53.4 Å². The van der Waals surface area contributed by atoms with Gasteiger partial charge < -0.3 is 29.1 Å². The van der Waals surface area contributed by atoms with E-state index >= 15 is 0 Å². The Labute approximate surface area is 287 Å². The van der Waals surface area contributed by atoms with Gasteiger partial charge in [0.2, 0.25) is 6.23 Å². The largest absolute Gasteiger partial charge is 0.488 e. The molecule has 3 amide bonds. The van der Waals surface area contributed by atoms with Gasteiger partial charge in [-0.25, -0.2) is 23.2 Å². The Hall–Kier alpha value is -5.12. The van der Waals surface area contributed by atoms with Crippen LogP contribution < -0.4 is 19.4 Å². The zero-order valence-electron chi connectivity index (χ0n) is 27.6. The number of hydrogen-bond acceptors (Lipinski definition) is 10. The highest BCUT2D eigenvalue weighted by atomic mass is 19.1. The lowest BCUT2D eigenvalue weighted by atomic mass is 9.94. The molecule has 50 heavy (non-hydrogen) atoms. The molecule has 3 atom stereocenters. The predicted octanol–water partition coefficient (Wildman–Crippen LogP) is 3.73. The van der Waals surface area contributed by atoms with Crippen LogP contribution in [0.15, 0.2) is 79.4 Å². The van der Waals surface area contributed by atoms with Gasteiger partial charge >= 0.3 is 6.03 Å². The van der Waals surface area contributed by atoms with Gasteiger partial charge in [0.25, 0.3) is 5.91 Å². The van der Waals surface area contributed by atoms with Crippen molar-refractivity contribution in [3.05, 3.63) is 96.6 Å². The van der Waals surface area contributed by atoms with E-state index in [1.165, 1.54) is 29.5 Å². The summed E-state index contributed by atoms with van der Waals surface area (Å²) >= 11 is 0. The van der Waals surface area contributed by atoms with Crippen molar-refractivity contribution < 1.29 is 37.7 Å². The summed E-state index contributed by atoms with van der Waals surface area (Å²) < 4.78 is 48.2. The number of imide groups is 1. The molecule has 4 aromatic rings. The molecule has 0 radical (unpaired) electrons. The smallest absolute Gasteiger partial charge is 0.334 e. The number of carbonyl (C=O) groups is 2. The first-order valence-electron chi connectivity index (χ1n) is 16.4. The summed E-state index contributed by atoms with van der Waals surface area (Å²) in [7, 11) is 0. The third-order valence-electron chi connectivity index (χ3n) is 9.16. The average molecular weight is 690 g/mol. The lowest BCUT2D eigenvalue weighted by Gasteiger charge is -2.37. The van der Waals surface area contributed by atoms with Gasteiger partial charge in [0.05, 0.1) is 13.2 Å². The van der Waals surface area contributed by atoms with Crippen LogP contribution >= 0.6 is 0 Å². The number of benzene rings is 3. The second kappa shape index (κ2) is 13.7. The second-order valence-electron chi connectivity index (χ2n) is 12.7. The molecule has 0 aliphatic carbocycles. The number of aromatic nitrogens is 3. The molecule has 3 fully saturated rings. The van der Waals surface area contributed by atoms with Crippen molar-refractivity contribution in [2.45, 2.75) is 44.6 Å². The number of ether oxygens (including phenoxy) is 3. The van der Waals surface area contributed by atoms with Gasteiger partial charge in [-0.3, -0.25) is 14.6 Å². The van der Waals surface area contributed by atoms with E-state index in [2.05, 4.69) is 19.9 Å². The van der Waals surface area contributed by atoms with Crippen molar-refractivity contribution in [3.8, 4) is 5.75 Å². The number of nitrogens with zero attached hydrogens (tertiary/aromatic N) is 7. The van der Waals surface area contributed by atoms with E-state index in [9.17, 15) is 23.5 Å². The highest BCUT2D eigenvalue weighted by Crippen LogP contribution is 2.37. The molecule has 0 bridgehead atoms. The molecule has 3 saturated heterocycles. The number of piperazine rings is 1. The first kappa shape index (κ1) is 33.4. The maximum Gasteiger partial charge on any atom is 0.334 e. The van der Waals surface area contributed by atoms with Gasteiger partial charge in [0, 0.05) is 60.9 Å². The van der Waals surface area contributed by atoms with E-state index in [4.69, 9.17) is 14.2 Å². The van der Waals surface area contributed by atoms with Crippen LogP contribution in [0.5, 0.6) is 5.75 Å². The van der Waals surface area contributed by atoms with Gasteiger partial charge in [-0.2, -0.15) is 5.10 Å². The zero-order chi connectivity index (χ0) is 35.0. The van der Waals surface area contributed by atoms with E-state index in [-0.39, 0.29) is 31.4 Å². The molecule has 1 N–H and O–H groups in total. The van der Waals surface area contributed by atoms with Crippen LogP contribution in [0.3, 0.4) is 0 Å². The van der Waals surface area contributed by atoms with Crippen molar-refractivity contribution in [2.24, 2.45) is 0 Å². The van der Waals surface area contributed by atoms with Crippen LogP contribution in [0.25, 0.3) is 0 Å². The molecule has 262 valence electrons. The molecular weight excluding hydrogens is 652 g/mol. The van der Waals surface area contributed by atoms with Crippen LogP contribution in [0.4, 0.5) is 30.6 Å². The van der Waals surface area contributed by atoms with Gasteiger partial charge in [0.15, 0.2) is 6.29 Å². The van der Waals surface area contributed by atoms with Gasteiger partial charge in [-0.05, 0) is 68.4 Å². The number of urea groups is 1. The molecule has 0 spiro atoms. The van der Waals surface area contributed by atoms with E-state index in [1.54, 1.807) is 26.0 Å². The Morgan fingerprint density at radius 2 is 1.58 bits per heavy atom. The number of rotatable bonds is 10. The predicted molar refractivity (Wildman–Crippen MR) is 178 cm³/mol. The van der Waals surface area contributed by atoms with E-state index < -0.39 is 41.7 Å². The van der Waals surface area contributed by atoms with Gasteiger partial charge in [-0.1, -0.05) is 6.07 Å². The number of amides is 3. The fourth-order valence-electron chi connectivity index (χ4n) is 6.61. The van der Waals surface area contributed by atoms with Crippen LogP contribution in [0.2, 0.25) is 0 Å². The fourth-order valence-corrected chi connectivity index (χ4v) is 6.61. The minimum atomic E-state index is -1.53. The normalized spacial score (nSPS) is 22.7. The third-order valence-corrected chi connectivity index (χ3v) is 9.16. The second-order valence-corrected chi connectivity index (χ2v) is 12.7. The Kier molecular flexibility index (Phi) is 9.11. The Balaban J connectivity index is 0.922. The highest BCUT2D eigenvalue weighted by molar-refractivity contribution is 6.13.